The van der Waals surface area contributed by atoms with Crippen molar-refractivity contribution in [2.24, 2.45) is 0 Å². The van der Waals surface area contributed by atoms with Crippen molar-refractivity contribution in [1.29, 1.82) is 0 Å². The predicted octanol–water partition coefficient (Wildman–Crippen LogP) is 2.71. The number of hydrogen-bond donors (Lipinski definition) is 2. The fourth-order valence-electron chi connectivity index (χ4n) is 2.74. The highest BCUT2D eigenvalue weighted by molar-refractivity contribution is 5.95. The lowest BCUT2D eigenvalue weighted by atomic mass is 10.1. The molecule has 2 aromatic carbocycles. The third-order valence-corrected chi connectivity index (χ3v) is 4.24. The van der Waals surface area contributed by atoms with E-state index in [1.807, 2.05) is 37.3 Å². The third-order valence-electron chi connectivity index (χ3n) is 4.24. The molecule has 2 aromatic rings. The normalized spacial score (nSPS) is 11.3. The number of carbonyl (C=O) groups excluding carboxylic acids is 2. The van der Waals surface area contributed by atoms with Gasteiger partial charge in [0.2, 0.25) is 11.7 Å². The van der Waals surface area contributed by atoms with Gasteiger partial charge in [0, 0.05) is 18.5 Å². The van der Waals surface area contributed by atoms with Crippen molar-refractivity contribution in [1.82, 2.24) is 10.6 Å². The van der Waals surface area contributed by atoms with E-state index in [9.17, 15) is 9.59 Å². The topological polar surface area (TPSA) is 85.9 Å². The Kier molecular flexibility index (Phi) is 7.68. The maximum atomic E-state index is 12.4. The van der Waals surface area contributed by atoms with Gasteiger partial charge in [0.1, 0.15) is 0 Å². The van der Waals surface area contributed by atoms with E-state index >= 15 is 0 Å². The first-order valence-corrected chi connectivity index (χ1v) is 8.92. The summed E-state index contributed by atoms with van der Waals surface area (Å²) >= 11 is 0. The Morgan fingerprint density at radius 2 is 1.57 bits per heavy atom. The first-order valence-electron chi connectivity index (χ1n) is 8.92. The highest BCUT2D eigenvalue weighted by Crippen LogP contribution is 2.38. The average molecular weight is 386 g/mol. The molecule has 0 aliphatic heterocycles. The smallest absolute Gasteiger partial charge is 0.251 e. The molecule has 7 heteroatoms. The maximum absolute atomic E-state index is 12.4. The van der Waals surface area contributed by atoms with Gasteiger partial charge in [0.25, 0.3) is 5.91 Å². The minimum atomic E-state index is -0.330. The number of hydrogen-bond acceptors (Lipinski definition) is 5. The first-order chi connectivity index (χ1) is 13.5. The summed E-state index contributed by atoms with van der Waals surface area (Å²) in [4.78, 5) is 24.5. The minimum Gasteiger partial charge on any atom is -0.493 e. The van der Waals surface area contributed by atoms with Crippen LogP contribution in [0.2, 0.25) is 0 Å². The van der Waals surface area contributed by atoms with Crippen LogP contribution >= 0.6 is 0 Å². The molecule has 28 heavy (non-hydrogen) atoms. The van der Waals surface area contributed by atoms with Gasteiger partial charge >= 0.3 is 0 Å². The van der Waals surface area contributed by atoms with Gasteiger partial charge in [-0.15, -0.1) is 0 Å². The Balaban J connectivity index is 1.91. The van der Waals surface area contributed by atoms with E-state index in [0.29, 0.717) is 22.8 Å². The zero-order valence-electron chi connectivity index (χ0n) is 16.6. The SMILES string of the molecule is COc1cc(C(=O)NCCC(=O)NC(C)c2ccccc2)cc(OC)c1OC. The molecule has 2 amide bonds. The number of benzene rings is 2. The highest BCUT2D eigenvalue weighted by atomic mass is 16.5. The number of carbonyl (C=O) groups is 2. The van der Waals surface area contributed by atoms with E-state index in [4.69, 9.17) is 14.2 Å². The Bertz CT molecular complexity index is 783. The Hall–Kier alpha value is -3.22. The van der Waals surface area contributed by atoms with Crippen molar-refractivity contribution in [3.05, 3.63) is 53.6 Å². The lowest BCUT2D eigenvalue weighted by Gasteiger charge is -2.15. The van der Waals surface area contributed by atoms with Crippen LogP contribution in [0.3, 0.4) is 0 Å². The molecule has 1 unspecified atom stereocenters. The van der Waals surface area contributed by atoms with Crippen molar-refractivity contribution in [3.8, 4) is 17.2 Å². The zero-order chi connectivity index (χ0) is 20.5. The molecule has 0 aliphatic carbocycles. The zero-order valence-corrected chi connectivity index (χ0v) is 16.6. The fraction of sp³-hybridized carbons (Fsp3) is 0.333. The number of rotatable bonds is 9. The molecular weight excluding hydrogens is 360 g/mol. The second kappa shape index (κ2) is 10.2. The van der Waals surface area contributed by atoms with Crippen LogP contribution in [0, 0.1) is 0 Å². The van der Waals surface area contributed by atoms with Gasteiger partial charge in [-0.25, -0.2) is 0 Å². The number of nitrogens with one attached hydrogen (secondary N) is 2. The third kappa shape index (κ3) is 5.39. The Labute approximate surface area is 165 Å². The van der Waals surface area contributed by atoms with Crippen LogP contribution in [0.5, 0.6) is 17.2 Å². The van der Waals surface area contributed by atoms with Crippen LogP contribution in [-0.4, -0.2) is 39.7 Å². The van der Waals surface area contributed by atoms with E-state index in [1.54, 1.807) is 12.1 Å². The van der Waals surface area contributed by atoms with Crippen molar-refractivity contribution in [2.75, 3.05) is 27.9 Å². The Morgan fingerprint density at radius 1 is 0.964 bits per heavy atom. The highest BCUT2D eigenvalue weighted by Gasteiger charge is 2.17. The van der Waals surface area contributed by atoms with E-state index in [-0.39, 0.29) is 30.8 Å². The van der Waals surface area contributed by atoms with Gasteiger partial charge in [-0.3, -0.25) is 9.59 Å². The molecule has 0 heterocycles. The van der Waals surface area contributed by atoms with Crippen LogP contribution in [0.1, 0.15) is 35.3 Å². The van der Waals surface area contributed by atoms with Crippen molar-refractivity contribution < 1.29 is 23.8 Å². The molecule has 1 atom stereocenters. The number of amides is 2. The summed E-state index contributed by atoms with van der Waals surface area (Å²) in [7, 11) is 4.46. The van der Waals surface area contributed by atoms with Gasteiger partial charge in [-0.05, 0) is 24.6 Å². The lowest BCUT2D eigenvalue weighted by molar-refractivity contribution is -0.121. The largest absolute Gasteiger partial charge is 0.493 e. The van der Waals surface area contributed by atoms with Crippen molar-refractivity contribution >= 4 is 11.8 Å². The molecule has 7 nitrogen and oxygen atoms in total. The molecule has 0 saturated heterocycles. The molecule has 150 valence electrons. The van der Waals surface area contributed by atoms with Gasteiger partial charge < -0.3 is 24.8 Å². The Morgan fingerprint density at radius 3 is 2.11 bits per heavy atom. The minimum absolute atomic E-state index is 0.0977. The van der Waals surface area contributed by atoms with Crippen LogP contribution in [0.4, 0.5) is 0 Å². The monoisotopic (exact) mass is 386 g/mol. The summed E-state index contributed by atoms with van der Waals surface area (Å²) < 4.78 is 15.7. The molecule has 0 saturated carbocycles. The first kappa shape index (κ1) is 21.1. The van der Waals surface area contributed by atoms with E-state index in [0.717, 1.165) is 5.56 Å². The molecule has 2 rings (SSSR count). The quantitative estimate of drug-likeness (QED) is 0.692. The number of ether oxygens (including phenoxy) is 3. The van der Waals surface area contributed by atoms with Crippen LogP contribution in [0.25, 0.3) is 0 Å². The summed E-state index contributed by atoms with van der Waals surface area (Å²) in [6.07, 6.45) is 0.174. The molecule has 0 aromatic heterocycles. The second-order valence-electron chi connectivity index (χ2n) is 6.12. The molecule has 0 aliphatic rings. The molecule has 2 N–H and O–H groups in total. The van der Waals surface area contributed by atoms with Gasteiger partial charge in [-0.1, -0.05) is 30.3 Å². The van der Waals surface area contributed by atoms with Crippen molar-refractivity contribution in [3.63, 3.8) is 0 Å². The summed E-state index contributed by atoms with van der Waals surface area (Å²) in [6.45, 7) is 2.13. The molecule has 0 spiro atoms. The molecule has 0 bridgehead atoms. The van der Waals surface area contributed by atoms with Gasteiger partial charge in [0.15, 0.2) is 11.5 Å². The summed E-state index contributed by atoms with van der Waals surface area (Å²) in [5, 5.41) is 5.65. The summed E-state index contributed by atoms with van der Waals surface area (Å²) in [6, 6.07) is 12.7. The predicted molar refractivity (Wildman–Crippen MR) is 106 cm³/mol. The molecular formula is C21H26N2O5. The van der Waals surface area contributed by atoms with Gasteiger partial charge in [0.05, 0.1) is 27.4 Å². The molecule has 0 radical (unpaired) electrons. The molecule has 0 fully saturated rings. The van der Waals surface area contributed by atoms with Gasteiger partial charge in [-0.2, -0.15) is 0 Å². The van der Waals surface area contributed by atoms with Crippen molar-refractivity contribution in [2.45, 2.75) is 19.4 Å². The summed E-state index contributed by atoms with van der Waals surface area (Å²) in [5.41, 5.74) is 1.38. The summed E-state index contributed by atoms with van der Waals surface area (Å²) in [5.74, 6) is 0.725. The second-order valence-corrected chi connectivity index (χ2v) is 6.12. The number of methoxy groups -OCH3 is 3. The van der Waals surface area contributed by atoms with E-state index < -0.39 is 0 Å². The standard InChI is InChI=1S/C21H26N2O5/c1-14(15-8-6-5-7-9-15)23-19(24)10-11-22-21(25)16-12-17(26-2)20(28-4)18(13-16)27-3/h5-9,12-14H,10-11H2,1-4H3,(H,22,25)(H,23,24). The van der Waals surface area contributed by atoms with E-state index in [2.05, 4.69) is 10.6 Å². The van der Waals surface area contributed by atoms with Crippen LogP contribution in [-0.2, 0) is 4.79 Å². The maximum Gasteiger partial charge on any atom is 0.251 e. The average Bonchev–Trinajstić information content (AvgIpc) is 2.72. The van der Waals surface area contributed by atoms with Crippen LogP contribution < -0.4 is 24.8 Å². The van der Waals surface area contributed by atoms with Crippen LogP contribution in [0.15, 0.2) is 42.5 Å². The lowest BCUT2D eigenvalue weighted by Crippen LogP contribution is -2.32. The fourth-order valence-corrected chi connectivity index (χ4v) is 2.74. The van der Waals surface area contributed by atoms with E-state index in [1.165, 1.54) is 21.3 Å².